The Kier molecular flexibility index (Phi) is 6.49. The standard InChI is InChI=1S/C16H17ClN4O3S/c1-3-21-13(12(17)9-18-21)14(22)20-16(25)19-11-7-5-10(6-8-11)15(23)24-4-2/h5-9H,3-4H2,1-2H3,(H2,19,20,22,25). The number of halogens is 1. The van der Waals surface area contributed by atoms with Crippen LogP contribution in [0.1, 0.15) is 34.7 Å². The number of nitrogens with zero attached hydrogens (tertiary/aromatic N) is 2. The van der Waals surface area contributed by atoms with Crippen LogP contribution in [0.15, 0.2) is 30.5 Å². The number of rotatable bonds is 5. The summed E-state index contributed by atoms with van der Waals surface area (Å²) >= 11 is 11.1. The largest absolute Gasteiger partial charge is 0.462 e. The molecule has 7 nitrogen and oxygen atoms in total. The Labute approximate surface area is 155 Å². The third-order valence-corrected chi connectivity index (χ3v) is 3.67. The van der Waals surface area contributed by atoms with E-state index in [1.165, 1.54) is 10.9 Å². The molecule has 0 aliphatic carbocycles. The number of ether oxygens (including phenoxy) is 1. The molecule has 2 N–H and O–H groups in total. The van der Waals surface area contributed by atoms with Crippen LogP contribution < -0.4 is 10.6 Å². The van der Waals surface area contributed by atoms with Gasteiger partial charge in [-0.3, -0.25) is 14.8 Å². The number of thiocarbonyl (C=S) groups is 1. The van der Waals surface area contributed by atoms with Gasteiger partial charge in [0.05, 0.1) is 23.4 Å². The highest BCUT2D eigenvalue weighted by atomic mass is 35.5. The zero-order valence-corrected chi connectivity index (χ0v) is 15.3. The van der Waals surface area contributed by atoms with Crippen LogP contribution in [0.3, 0.4) is 0 Å². The molecule has 0 atom stereocenters. The van der Waals surface area contributed by atoms with Crippen molar-refractivity contribution in [3.05, 3.63) is 46.7 Å². The third-order valence-electron chi connectivity index (χ3n) is 3.19. The minimum absolute atomic E-state index is 0.105. The molecule has 1 heterocycles. The molecule has 1 amide bonds. The summed E-state index contributed by atoms with van der Waals surface area (Å²) in [6.07, 6.45) is 1.41. The molecular formula is C16H17ClN4O3S. The van der Waals surface area contributed by atoms with Gasteiger partial charge in [-0.1, -0.05) is 11.6 Å². The minimum Gasteiger partial charge on any atom is -0.462 e. The van der Waals surface area contributed by atoms with Crippen molar-refractivity contribution in [2.75, 3.05) is 11.9 Å². The van der Waals surface area contributed by atoms with E-state index in [4.69, 9.17) is 28.6 Å². The Morgan fingerprint density at radius 2 is 1.96 bits per heavy atom. The van der Waals surface area contributed by atoms with Crippen LogP contribution in [-0.4, -0.2) is 33.4 Å². The summed E-state index contributed by atoms with van der Waals surface area (Å²) in [4.78, 5) is 23.9. The molecule has 0 saturated heterocycles. The van der Waals surface area contributed by atoms with E-state index in [0.29, 0.717) is 24.4 Å². The molecular weight excluding hydrogens is 364 g/mol. The summed E-state index contributed by atoms with van der Waals surface area (Å²) in [5.74, 6) is -0.850. The second-order valence-corrected chi connectivity index (χ2v) is 5.68. The Bertz CT molecular complexity index is 789. The van der Waals surface area contributed by atoms with E-state index in [-0.39, 0.29) is 15.8 Å². The molecule has 132 valence electrons. The number of carbonyl (C=O) groups excluding carboxylic acids is 2. The van der Waals surface area contributed by atoms with E-state index < -0.39 is 11.9 Å². The van der Waals surface area contributed by atoms with E-state index in [0.717, 1.165) is 0 Å². The lowest BCUT2D eigenvalue weighted by Crippen LogP contribution is -2.35. The molecule has 2 rings (SSSR count). The van der Waals surface area contributed by atoms with E-state index in [2.05, 4.69) is 15.7 Å². The van der Waals surface area contributed by atoms with Crippen molar-refractivity contribution in [1.29, 1.82) is 0 Å². The summed E-state index contributed by atoms with van der Waals surface area (Å²) < 4.78 is 6.39. The summed E-state index contributed by atoms with van der Waals surface area (Å²) in [6, 6.07) is 6.53. The van der Waals surface area contributed by atoms with Crippen molar-refractivity contribution < 1.29 is 14.3 Å². The molecule has 9 heteroatoms. The Morgan fingerprint density at radius 3 is 2.56 bits per heavy atom. The number of nitrogens with one attached hydrogen (secondary N) is 2. The fourth-order valence-corrected chi connectivity index (χ4v) is 2.49. The Hall–Kier alpha value is -2.45. The maximum Gasteiger partial charge on any atom is 0.338 e. The molecule has 0 aliphatic rings. The lowest BCUT2D eigenvalue weighted by molar-refractivity contribution is 0.0526. The Morgan fingerprint density at radius 1 is 1.28 bits per heavy atom. The molecule has 0 saturated carbocycles. The lowest BCUT2D eigenvalue weighted by atomic mass is 10.2. The first-order valence-corrected chi connectivity index (χ1v) is 8.35. The number of aromatic nitrogens is 2. The number of esters is 1. The van der Waals surface area contributed by atoms with E-state index in [1.54, 1.807) is 31.2 Å². The maximum atomic E-state index is 12.3. The molecule has 0 unspecified atom stereocenters. The quantitative estimate of drug-likeness (QED) is 0.612. The van der Waals surface area contributed by atoms with Crippen LogP contribution in [0.4, 0.5) is 5.69 Å². The summed E-state index contributed by atoms with van der Waals surface area (Å²) in [5, 5.41) is 9.77. The highest BCUT2D eigenvalue weighted by molar-refractivity contribution is 7.80. The smallest absolute Gasteiger partial charge is 0.338 e. The minimum atomic E-state index is -0.454. The van der Waals surface area contributed by atoms with Crippen molar-refractivity contribution in [3.63, 3.8) is 0 Å². The van der Waals surface area contributed by atoms with Gasteiger partial charge < -0.3 is 10.1 Å². The van der Waals surface area contributed by atoms with Gasteiger partial charge in [-0.25, -0.2) is 4.79 Å². The molecule has 25 heavy (non-hydrogen) atoms. The van der Waals surface area contributed by atoms with Crippen LogP contribution in [0.25, 0.3) is 0 Å². The van der Waals surface area contributed by atoms with Crippen molar-refractivity contribution in [1.82, 2.24) is 15.1 Å². The van der Waals surface area contributed by atoms with E-state index in [9.17, 15) is 9.59 Å². The van der Waals surface area contributed by atoms with E-state index in [1.807, 2.05) is 6.92 Å². The monoisotopic (exact) mass is 380 g/mol. The number of hydrogen-bond acceptors (Lipinski definition) is 5. The number of benzene rings is 1. The van der Waals surface area contributed by atoms with Crippen LogP contribution in [0.2, 0.25) is 5.02 Å². The summed E-state index contributed by atoms with van der Waals surface area (Å²) in [6.45, 7) is 4.41. The van der Waals surface area contributed by atoms with Crippen LogP contribution in [0, 0.1) is 0 Å². The van der Waals surface area contributed by atoms with Gasteiger partial charge in [-0.2, -0.15) is 5.10 Å². The van der Waals surface area contributed by atoms with Gasteiger partial charge in [0.1, 0.15) is 5.69 Å². The number of hydrogen-bond donors (Lipinski definition) is 2. The lowest BCUT2D eigenvalue weighted by Gasteiger charge is -2.11. The zero-order valence-electron chi connectivity index (χ0n) is 13.7. The molecule has 0 spiro atoms. The number of carbonyl (C=O) groups is 2. The number of anilines is 1. The summed E-state index contributed by atoms with van der Waals surface area (Å²) in [5.41, 5.74) is 1.29. The van der Waals surface area contributed by atoms with Crippen LogP contribution in [0.5, 0.6) is 0 Å². The number of aryl methyl sites for hydroxylation is 1. The average Bonchev–Trinajstić information content (AvgIpc) is 2.96. The van der Waals surface area contributed by atoms with Crippen molar-refractivity contribution in [2.45, 2.75) is 20.4 Å². The van der Waals surface area contributed by atoms with E-state index >= 15 is 0 Å². The average molecular weight is 381 g/mol. The second-order valence-electron chi connectivity index (χ2n) is 4.86. The summed E-state index contributed by atoms with van der Waals surface area (Å²) in [7, 11) is 0. The molecule has 0 radical (unpaired) electrons. The second kappa shape index (κ2) is 8.59. The predicted molar refractivity (Wildman–Crippen MR) is 99.0 cm³/mol. The Balaban J connectivity index is 1.99. The van der Waals surface area contributed by atoms with Crippen LogP contribution >= 0.6 is 23.8 Å². The van der Waals surface area contributed by atoms with Gasteiger partial charge >= 0.3 is 5.97 Å². The van der Waals surface area contributed by atoms with Crippen molar-refractivity contribution in [2.24, 2.45) is 0 Å². The van der Waals surface area contributed by atoms with Crippen LogP contribution in [-0.2, 0) is 11.3 Å². The highest BCUT2D eigenvalue weighted by Crippen LogP contribution is 2.15. The first-order valence-electron chi connectivity index (χ1n) is 7.57. The SMILES string of the molecule is CCOC(=O)c1ccc(NC(=S)NC(=O)c2c(Cl)cnn2CC)cc1. The molecule has 1 aromatic heterocycles. The number of amides is 1. The molecule has 0 aliphatic heterocycles. The van der Waals surface area contributed by atoms with Gasteiger partial charge in [0, 0.05) is 12.2 Å². The molecule has 1 aromatic carbocycles. The predicted octanol–water partition coefficient (Wildman–Crippen LogP) is 2.86. The van der Waals surface area contributed by atoms with Gasteiger partial charge in [-0.15, -0.1) is 0 Å². The van der Waals surface area contributed by atoms with Crippen molar-refractivity contribution >= 4 is 46.5 Å². The third kappa shape index (κ3) is 4.77. The maximum absolute atomic E-state index is 12.3. The first kappa shape index (κ1) is 18.9. The highest BCUT2D eigenvalue weighted by Gasteiger charge is 2.17. The van der Waals surface area contributed by atoms with Gasteiger partial charge in [0.15, 0.2) is 5.11 Å². The molecule has 2 aromatic rings. The van der Waals surface area contributed by atoms with Gasteiger partial charge in [0.2, 0.25) is 0 Å². The molecule has 0 bridgehead atoms. The zero-order chi connectivity index (χ0) is 18.4. The van der Waals surface area contributed by atoms with Gasteiger partial charge in [-0.05, 0) is 50.3 Å². The normalized spacial score (nSPS) is 10.2. The fourth-order valence-electron chi connectivity index (χ4n) is 2.06. The fraction of sp³-hybridized carbons (Fsp3) is 0.250. The van der Waals surface area contributed by atoms with Crippen molar-refractivity contribution in [3.8, 4) is 0 Å². The first-order chi connectivity index (χ1) is 12.0. The topological polar surface area (TPSA) is 85.2 Å². The molecule has 0 fully saturated rings. The van der Waals surface area contributed by atoms with Gasteiger partial charge in [0.25, 0.3) is 5.91 Å².